The van der Waals surface area contributed by atoms with E-state index in [9.17, 15) is 18.0 Å². The van der Waals surface area contributed by atoms with E-state index >= 15 is 0 Å². The number of carbonyl (C=O) groups excluding carboxylic acids is 2. The molecule has 0 aliphatic carbocycles. The number of ether oxygens (including phenoxy) is 1. The Morgan fingerprint density at radius 3 is 2.57 bits per heavy atom. The van der Waals surface area contributed by atoms with Crippen LogP contribution in [0.4, 0.5) is 5.69 Å². The molecule has 9 heteroatoms. The Hall–Kier alpha value is -2.42. The van der Waals surface area contributed by atoms with Gasteiger partial charge in [-0.2, -0.15) is 4.31 Å². The van der Waals surface area contributed by atoms with Gasteiger partial charge in [0.2, 0.25) is 15.9 Å². The molecule has 0 spiro atoms. The van der Waals surface area contributed by atoms with Crippen molar-refractivity contribution < 1.29 is 22.7 Å². The molecule has 1 atom stereocenters. The van der Waals surface area contributed by atoms with Gasteiger partial charge in [0.05, 0.1) is 28.7 Å². The average Bonchev–Trinajstić information content (AvgIpc) is 2.74. The highest BCUT2D eigenvalue weighted by Crippen LogP contribution is 2.26. The van der Waals surface area contributed by atoms with Crippen LogP contribution in [0.25, 0.3) is 0 Å². The van der Waals surface area contributed by atoms with Crippen molar-refractivity contribution in [3.05, 3.63) is 59.1 Å². The number of sulfonamides is 1. The molecule has 0 bridgehead atoms. The Balaban J connectivity index is 1.74. The fraction of sp³-hybridized carbons (Fsp3) is 0.333. The van der Waals surface area contributed by atoms with E-state index in [0.717, 1.165) is 0 Å². The van der Waals surface area contributed by atoms with Crippen LogP contribution in [-0.2, 0) is 19.6 Å². The number of anilines is 1. The highest BCUT2D eigenvalue weighted by molar-refractivity contribution is 7.89. The molecule has 3 rings (SSSR count). The second-order valence-corrected chi connectivity index (χ2v) is 9.29. The maximum atomic E-state index is 12.9. The first kappa shape index (κ1) is 22.3. The van der Waals surface area contributed by atoms with Crippen molar-refractivity contribution in [3.8, 4) is 0 Å². The van der Waals surface area contributed by atoms with Gasteiger partial charge in [0.15, 0.2) is 0 Å². The minimum atomic E-state index is -3.73. The van der Waals surface area contributed by atoms with Crippen molar-refractivity contribution in [3.63, 3.8) is 0 Å². The minimum Gasteiger partial charge on any atom is -0.462 e. The van der Waals surface area contributed by atoms with Gasteiger partial charge in [0, 0.05) is 18.1 Å². The fourth-order valence-electron chi connectivity index (χ4n) is 3.34. The summed E-state index contributed by atoms with van der Waals surface area (Å²) in [4.78, 5) is 25.1. The number of hydrogen-bond donors (Lipinski definition) is 1. The smallest absolute Gasteiger partial charge is 0.340 e. The lowest BCUT2D eigenvalue weighted by atomic mass is 9.98. The van der Waals surface area contributed by atoms with E-state index in [1.165, 1.54) is 28.6 Å². The Morgan fingerprint density at radius 1 is 1.17 bits per heavy atom. The summed E-state index contributed by atoms with van der Waals surface area (Å²) < 4.78 is 32.2. The third-order valence-corrected chi connectivity index (χ3v) is 7.02. The van der Waals surface area contributed by atoms with Crippen molar-refractivity contribution >= 4 is 39.2 Å². The number of carbonyl (C=O) groups is 2. The molecule has 1 saturated heterocycles. The molecular formula is C21H23ClN2O5S. The van der Waals surface area contributed by atoms with E-state index in [0.29, 0.717) is 30.1 Å². The maximum Gasteiger partial charge on any atom is 0.340 e. The molecule has 0 saturated carbocycles. The van der Waals surface area contributed by atoms with Gasteiger partial charge in [-0.1, -0.05) is 23.7 Å². The van der Waals surface area contributed by atoms with Crippen LogP contribution >= 0.6 is 11.6 Å². The molecule has 2 aromatic rings. The number of esters is 1. The standard InChI is InChI=1S/C21H23ClN2O5S/c1-2-29-21(26)18-7-3-4-8-19(18)23-20(25)15-6-5-13-24(14-15)30(27,28)17-11-9-16(22)10-12-17/h3-4,7-12,15H,2,5-6,13-14H2,1H3,(H,23,25)/t15-/m1/s1. The molecule has 1 N–H and O–H groups in total. The Kier molecular flexibility index (Phi) is 7.12. The zero-order valence-electron chi connectivity index (χ0n) is 16.5. The Bertz CT molecular complexity index is 1020. The molecule has 0 radical (unpaired) electrons. The van der Waals surface area contributed by atoms with Crippen LogP contribution < -0.4 is 5.32 Å². The number of piperidine rings is 1. The summed E-state index contributed by atoms with van der Waals surface area (Å²) in [6, 6.07) is 12.5. The van der Waals surface area contributed by atoms with E-state index in [4.69, 9.17) is 16.3 Å². The summed E-state index contributed by atoms with van der Waals surface area (Å²) in [6.45, 7) is 2.34. The molecule has 160 valence electrons. The first-order chi connectivity index (χ1) is 14.3. The Labute approximate surface area is 181 Å². The van der Waals surface area contributed by atoms with E-state index < -0.39 is 21.9 Å². The van der Waals surface area contributed by atoms with Crippen molar-refractivity contribution in [2.75, 3.05) is 25.0 Å². The predicted octanol–water partition coefficient (Wildman–Crippen LogP) is 3.56. The monoisotopic (exact) mass is 450 g/mol. The van der Waals surface area contributed by atoms with Crippen LogP contribution in [0.5, 0.6) is 0 Å². The summed E-state index contributed by atoms with van der Waals surface area (Å²) in [7, 11) is -3.73. The number of rotatable bonds is 6. The number of benzene rings is 2. The molecule has 0 aromatic heterocycles. The lowest BCUT2D eigenvalue weighted by Gasteiger charge is -2.31. The fourth-order valence-corrected chi connectivity index (χ4v) is 4.99. The first-order valence-corrected chi connectivity index (χ1v) is 11.5. The molecular weight excluding hydrogens is 428 g/mol. The van der Waals surface area contributed by atoms with Crippen LogP contribution in [0, 0.1) is 5.92 Å². The molecule has 2 aromatic carbocycles. The van der Waals surface area contributed by atoms with Crippen LogP contribution in [-0.4, -0.2) is 44.3 Å². The average molecular weight is 451 g/mol. The molecule has 1 heterocycles. The zero-order chi connectivity index (χ0) is 21.7. The molecule has 1 amide bonds. The van der Waals surface area contributed by atoms with Gasteiger partial charge in [-0.3, -0.25) is 4.79 Å². The zero-order valence-corrected chi connectivity index (χ0v) is 18.1. The van der Waals surface area contributed by atoms with Gasteiger partial charge in [-0.05, 0) is 56.2 Å². The number of hydrogen-bond acceptors (Lipinski definition) is 5. The van der Waals surface area contributed by atoms with Crippen molar-refractivity contribution in [2.45, 2.75) is 24.7 Å². The van der Waals surface area contributed by atoms with E-state index in [-0.39, 0.29) is 29.5 Å². The summed E-state index contributed by atoms with van der Waals surface area (Å²) >= 11 is 5.85. The lowest BCUT2D eigenvalue weighted by molar-refractivity contribution is -0.120. The largest absolute Gasteiger partial charge is 0.462 e. The minimum absolute atomic E-state index is 0.0678. The maximum absolute atomic E-state index is 12.9. The third-order valence-electron chi connectivity index (χ3n) is 4.89. The van der Waals surface area contributed by atoms with Crippen LogP contribution in [0.3, 0.4) is 0 Å². The number of halogens is 1. The van der Waals surface area contributed by atoms with Crippen LogP contribution in [0.1, 0.15) is 30.1 Å². The van der Waals surface area contributed by atoms with Crippen LogP contribution in [0.15, 0.2) is 53.4 Å². The van der Waals surface area contributed by atoms with Crippen molar-refractivity contribution in [1.82, 2.24) is 4.31 Å². The first-order valence-electron chi connectivity index (χ1n) is 9.65. The van der Waals surface area contributed by atoms with Gasteiger partial charge < -0.3 is 10.1 Å². The SMILES string of the molecule is CCOC(=O)c1ccccc1NC(=O)[C@@H]1CCCN(S(=O)(=O)c2ccc(Cl)cc2)C1. The summed E-state index contributed by atoms with van der Waals surface area (Å²) in [5.41, 5.74) is 0.604. The molecule has 1 fully saturated rings. The number of amides is 1. The molecule has 0 unspecified atom stereocenters. The van der Waals surface area contributed by atoms with Crippen LogP contribution in [0.2, 0.25) is 5.02 Å². The van der Waals surface area contributed by atoms with Gasteiger partial charge in [-0.15, -0.1) is 0 Å². The number of nitrogens with zero attached hydrogens (tertiary/aromatic N) is 1. The summed E-state index contributed by atoms with van der Waals surface area (Å²) in [6.07, 6.45) is 1.12. The predicted molar refractivity (Wildman–Crippen MR) is 114 cm³/mol. The summed E-state index contributed by atoms with van der Waals surface area (Å²) in [5, 5.41) is 3.21. The Morgan fingerprint density at radius 2 is 1.87 bits per heavy atom. The highest BCUT2D eigenvalue weighted by atomic mass is 35.5. The second-order valence-electron chi connectivity index (χ2n) is 6.91. The van der Waals surface area contributed by atoms with Gasteiger partial charge in [-0.25, -0.2) is 13.2 Å². The molecule has 1 aliphatic heterocycles. The van der Waals surface area contributed by atoms with Crippen molar-refractivity contribution in [1.29, 1.82) is 0 Å². The third kappa shape index (κ3) is 5.00. The molecule has 30 heavy (non-hydrogen) atoms. The number of nitrogens with one attached hydrogen (secondary N) is 1. The van der Waals surface area contributed by atoms with Gasteiger partial charge in [0.1, 0.15) is 0 Å². The topological polar surface area (TPSA) is 92.8 Å². The van der Waals surface area contributed by atoms with Gasteiger partial charge in [0.25, 0.3) is 0 Å². The van der Waals surface area contributed by atoms with E-state index in [1.54, 1.807) is 31.2 Å². The van der Waals surface area contributed by atoms with E-state index in [1.807, 2.05) is 0 Å². The second kappa shape index (κ2) is 9.59. The van der Waals surface area contributed by atoms with E-state index in [2.05, 4.69) is 5.32 Å². The quantitative estimate of drug-likeness (QED) is 0.679. The number of para-hydroxylation sites is 1. The summed E-state index contributed by atoms with van der Waals surface area (Å²) in [5.74, 6) is -1.39. The normalized spacial score (nSPS) is 17.3. The molecule has 7 nitrogen and oxygen atoms in total. The molecule has 1 aliphatic rings. The lowest BCUT2D eigenvalue weighted by Crippen LogP contribution is -2.43. The highest BCUT2D eigenvalue weighted by Gasteiger charge is 2.33. The van der Waals surface area contributed by atoms with Crippen molar-refractivity contribution in [2.24, 2.45) is 5.92 Å². The van der Waals surface area contributed by atoms with Gasteiger partial charge >= 0.3 is 5.97 Å².